The zero-order valence-corrected chi connectivity index (χ0v) is 18.5. The Balaban J connectivity index is 1.78. The van der Waals surface area contributed by atoms with Gasteiger partial charge in [0.15, 0.2) is 0 Å². The van der Waals surface area contributed by atoms with Crippen molar-refractivity contribution in [2.45, 2.75) is 6.54 Å². The Hall–Kier alpha value is -4.66. The van der Waals surface area contributed by atoms with Crippen LogP contribution in [0.4, 0.5) is 0 Å². The maximum Gasteiger partial charge on any atom is 0.336 e. The number of ether oxygens (including phenoxy) is 2. The third kappa shape index (κ3) is 3.53. The lowest BCUT2D eigenvalue weighted by molar-refractivity contribution is 0.394. The Bertz CT molecular complexity index is 1710. The average Bonchev–Trinajstić information content (AvgIpc) is 2.86. The van der Waals surface area contributed by atoms with Gasteiger partial charge < -0.3 is 9.47 Å². The Morgan fingerprint density at radius 1 is 0.853 bits per heavy atom. The van der Waals surface area contributed by atoms with Crippen molar-refractivity contribution in [3.63, 3.8) is 0 Å². The van der Waals surface area contributed by atoms with Gasteiger partial charge in [-0.05, 0) is 24.3 Å². The van der Waals surface area contributed by atoms with Gasteiger partial charge in [-0.15, -0.1) is 0 Å². The number of para-hydroxylation sites is 1. The highest BCUT2D eigenvalue weighted by Crippen LogP contribution is 2.24. The molecule has 0 N–H and O–H groups in total. The molecule has 0 saturated heterocycles. The second-order valence-corrected chi connectivity index (χ2v) is 7.61. The summed E-state index contributed by atoms with van der Waals surface area (Å²) in [5.41, 5.74) is 0.303. The number of hydrogen-bond donors (Lipinski definition) is 0. The molecule has 5 aromatic rings. The van der Waals surface area contributed by atoms with Gasteiger partial charge in [0.05, 0.1) is 43.0 Å². The highest BCUT2D eigenvalue weighted by atomic mass is 16.5. The molecule has 0 radical (unpaired) electrons. The number of hydrogen-bond acceptors (Lipinski definition) is 6. The van der Waals surface area contributed by atoms with Gasteiger partial charge in [0.25, 0.3) is 11.1 Å². The third-order valence-electron chi connectivity index (χ3n) is 5.59. The SMILES string of the molecule is COc1cc(OC)cc(-n2c(=O)c3ccccc3n(Cc3cc(=O)n4ccccc4n3)c2=O)c1. The van der Waals surface area contributed by atoms with Crippen molar-refractivity contribution in [1.29, 1.82) is 0 Å². The van der Waals surface area contributed by atoms with Crippen molar-refractivity contribution in [1.82, 2.24) is 18.5 Å². The standard InChI is InChI=1S/C25H20N4O5/c1-33-18-12-17(13-19(14-18)34-2)29-24(31)20-7-3-4-8-21(20)28(25(29)32)15-16-11-23(30)27-10-6-5-9-22(27)26-16/h3-14H,15H2,1-2H3. The van der Waals surface area contributed by atoms with Crippen molar-refractivity contribution in [3.05, 3.63) is 110 Å². The molecule has 0 bridgehead atoms. The van der Waals surface area contributed by atoms with E-state index in [0.717, 1.165) is 4.57 Å². The van der Waals surface area contributed by atoms with Gasteiger partial charge in [0.2, 0.25) is 0 Å². The van der Waals surface area contributed by atoms with Crippen LogP contribution in [-0.2, 0) is 6.54 Å². The number of benzene rings is 2. The van der Waals surface area contributed by atoms with Crippen LogP contribution in [0.5, 0.6) is 11.5 Å². The lowest BCUT2D eigenvalue weighted by atomic mass is 10.2. The molecule has 0 amide bonds. The van der Waals surface area contributed by atoms with Crippen molar-refractivity contribution in [2.24, 2.45) is 0 Å². The van der Waals surface area contributed by atoms with E-state index in [0.29, 0.717) is 39.4 Å². The fraction of sp³-hybridized carbons (Fsp3) is 0.120. The molecule has 0 saturated carbocycles. The van der Waals surface area contributed by atoms with Crippen LogP contribution < -0.4 is 26.3 Å². The topological polar surface area (TPSA) is 96.8 Å². The lowest BCUT2D eigenvalue weighted by Crippen LogP contribution is -2.39. The van der Waals surface area contributed by atoms with Crippen molar-refractivity contribution >= 4 is 16.6 Å². The summed E-state index contributed by atoms with van der Waals surface area (Å²) >= 11 is 0. The summed E-state index contributed by atoms with van der Waals surface area (Å²) in [6.07, 6.45) is 1.63. The summed E-state index contributed by atoms with van der Waals surface area (Å²) in [5, 5.41) is 0.349. The van der Waals surface area contributed by atoms with Crippen LogP contribution in [0.2, 0.25) is 0 Å². The fourth-order valence-electron chi connectivity index (χ4n) is 3.97. The monoisotopic (exact) mass is 456 g/mol. The number of pyridine rings is 1. The fourth-order valence-corrected chi connectivity index (χ4v) is 3.97. The molecule has 9 heteroatoms. The van der Waals surface area contributed by atoms with E-state index in [1.807, 2.05) is 0 Å². The van der Waals surface area contributed by atoms with Crippen molar-refractivity contribution < 1.29 is 9.47 Å². The van der Waals surface area contributed by atoms with Gasteiger partial charge in [-0.25, -0.2) is 14.3 Å². The van der Waals surface area contributed by atoms with Crippen LogP contribution in [0, 0.1) is 0 Å². The number of methoxy groups -OCH3 is 2. The molecule has 0 aliphatic heterocycles. The van der Waals surface area contributed by atoms with Crippen molar-refractivity contribution in [2.75, 3.05) is 14.2 Å². The van der Waals surface area contributed by atoms with Crippen LogP contribution >= 0.6 is 0 Å². The summed E-state index contributed by atoms with van der Waals surface area (Å²) in [6, 6.07) is 18.3. The van der Waals surface area contributed by atoms with Gasteiger partial charge >= 0.3 is 5.69 Å². The van der Waals surface area contributed by atoms with E-state index in [1.165, 1.54) is 29.3 Å². The normalized spacial score (nSPS) is 11.1. The van der Waals surface area contributed by atoms with Gasteiger partial charge in [-0.3, -0.25) is 18.6 Å². The molecule has 2 aromatic carbocycles. The first-order chi connectivity index (χ1) is 16.5. The van der Waals surface area contributed by atoms with E-state index in [-0.39, 0.29) is 12.1 Å². The Labute approximate surface area is 192 Å². The molecule has 0 aliphatic rings. The predicted octanol–water partition coefficient (Wildman–Crippen LogP) is 2.23. The Morgan fingerprint density at radius 2 is 1.56 bits per heavy atom. The molecule has 9 nitrogen and oxygen atoms in total. The first kappa shape index (κ1) is 21.2. The Morgan fingerprint density at radius 3 is 2.29 bits per heavy atom. The minimum absolute atomic E-state index is 0.00135. The van der Waals surface area contributed by atoms with Crippen LogP contribution in [0.25, 0.3) is 22.2 Å². The molecule has 0 aliphatic carbocycles. The highest BCUT2D eigenvalue weighted by molar-refractivity contribution is 5.78. The van der Waals surface area contributed by atoms with Gasteiger partial charge in [-0.2, -0.15) is 0 Å². The van der Waals surface area contributed by atoms with Gasteiger partial charge in [0.1, 0.15) is 17.1 Å². The molecule has 3 aromatic heterocycles. The zero-order chi connectivity index (χ0) is 23.8. The number of fused-ring (bicyclic) bond motifs is 2. The zero-order valence-electron chi connectivity index (χ0n) is 18.5. The lowest BCUT2D eigenvalue weighted by Gasteiger charge is -2.15. The summed E-state index contributed by atoms with van der Waals surface area (Å²) in [4.78, 5) is 44.2. The van der Waals surface area contributed by atoms with E-state index in [1.54, 1.807) is 66.9 Å². The summed E-state index contributed by atoms with van der Waals surface area (Å²) in [7, 11) is 2.98. The maximum atomic E-state index is 13.7. The van der Waals surface area contributed by atoms with Crippen molar-refractivity contribution in [3.8, 4) is 17.2 Å². The van der Waals surface area contributed by atoms with Crippen LogP contribution in [0.15, 0.2) is 87.3 Å². The molecule has 34 heavy (non-hydrogen) atoms. The van der Waals surface area contributed by atoms with E-state index < -0.39 is 11.2 Å². The molecule has 0 atom stereocenters. The number of aromatic nitrogens is 4. The predicted molar refractivity (Wildman–Crippen MR) is 127 cm³/mol. The molecular formula is C25H20N4O5. The maximum absolute atomic E-state index is 13.7. The van der Waals surface area contributed by atoms with Crippen LogP contribution in [0.3, 0.4) is 0 Å². The quantitative estimate of drug-likeness (QED) is 0.402. The highest BCUT2D eigenvalue weighted by Gasteiger charge is 2.17. The smallest absolute Gasteiger partial charge is 0.336 e. The average molecular weight is 456 g/mol. The molecule has 0 fully saturated rings. The molecule has 3 heterocycles. The minimum atomic E-state index is -0.575. The number of rotatable bonds is 5. The first-order valence-electron chi connectivity index (χ1n) is 10.5. The second kappa shape index (κ2) is 8.36. The minimum Gasteiger partial charge on any atom is -0.497 e. The molecule has 5 rings (SSSR count). The van der Waals surface area contributed by atoms with E-state index in [9.17, 15) is 14.4 Å². The summed E-state index contributed by atoms with van der Waals surface area (Å²) in [5.74, 6) is 0.870. The molecule has 0 spiro atoms. The summed E-state index contributed by atoms with van der Waals surface area (Å²) in [6.45, 7) is 0.00135. The Kier molecular flexibility index (Phi) is 5.21. The van der Waals surface area contributed by atoms with Crippen LogP contribution in [0.1, 0.15) is 5.69 Å². The second-order valence-electron chi connectivity index (χ2n) is 7.61. The summed E-state index contributed by atoms with van der Waals surface area (Å²) < 4.78 is 14.6. The van der Waals surface area contributed by atoms with Crippen LogP contribution in [-0.4, -0.2) is 32.7 Å². The molecular weight excluding hydrogens is 436 g/mol. The largest absolute Gasteiger partial charge is 0.497 e. The number of nitrogens with zero attached hydrogens (tertiary/aromatic N) is 4. The third-order valence-corrected chi connectivity index (χ3v) is 5.59. The van der Waals surface area contributed by atoms with Gasteiger partial charge in [-0.1, -0.05) is 18.2 Å². The van der Waals surface area contributed by atoms with Gasteiger partial charge in [0, 0.05) is 30.5 Å². The molecule has 0 unspecified atom stereocenters. The van der Waals surface area contributed by atoms with E-state index in [2.05, 4.69) is 4.98 Å². The van der Waals surface area contributed by atoms with E-state index in [4.69, 9.17) is 9.47 Å². The molecule has 170 valence electrons. The van der Waals surface area contributed by atoms with E-state index >= 15 is 0 Å². The first-order valence-corrected chi connectivity index (χ1v) is 10.5.